The average Bonchev–Trinajstić information content (AvgIpc) is 3.55. The van der Waals surface area contributed by atoms with Crippen LogP contribution in [0, 0.1) is 23.2 Å². The number of allylic oxidation sites excluding steroid dienone is 7. The van der Waals surface area contributed by atoms with Gasteiger partial charge in [0, 0.05) is 18.1 Å². The van der Waals surface area contributed by atoms with Crippen LogP contribution in [0.5, 0.6) is 0 Å². The summed E-state index contributed by atoms with van der Waals surface area (Å²) in [5, 5.41) is 26.2. The lowest BCUT2D eigenvalue weighted by Crippen LogP contribution is -2.39. The number of aliphatic carboxylic acids is 1. The molecule has 2 atom stereocenters. The van der Waals surface area contributed by atoms with Gasteiger partial charge in [-0.15, -0.1) is 0 Å². The van der Waals surface area contributed by atoms with Gasteiger partial charge in [0.1, 0.15) is 6.07 Å². The standard InChI is InChI=1S/C25H26ClN3O2.C7H10/c1-16-9-12-21-23(8-4-7-18(13-16)25(30)31)28-29(24(21)17-5-2-3-6-17)20-11-10-19(15-27)22(26)14-20;1-4-6-7(3)5-2/h4,7,10-11,13-14,17,21,24H,1-3,5-6,8-9,12H2,(H,30,31);4-6H,1-2H2,3H3/b7-4-,18-13+;7-6-. The van der Waals surface area contributed by atoms with Gasteiger partial charge in [-0.2, -0.15) is 10.4 Å². The van der Waals surface area contributed by atoms with Gasteiger partial charge in [0.05, 0.1) is 27.9 Å². The zero-order valence-corrected chi connectivity index (χ0v) is 22.8. The maximum absolute atomic E-state index is 11.5. The number of nitrogens with zero attached hydrogens (tertiary/aromatic N) is 3. The molecule has 198 valence electrons. The molecule has 1 N–H and O–H groups in total. The van der Waals surface area contributed by atoms with E-state index in [1.165, 1.54) is 25.7 Å². The number of anilines is 1. The number of carboxylic acid groups (broad SMARTS) is 1. The third-order valence-electron chi connectivity index (χ3n) is 7.29. The Labute approximate surface area is 231 Å². The number of nitriles is 1. The summed E-state index contributed by atoms with van der Waals surface area (Å²) in [7, 11) is 0. The van der Waals surface area contributed by atoms with Crippen LogP contribution in [0.1, 0.15) is 57.4 Å². The fourth-order valence-corrected chi connectivity index (χ4v) is 5.56. The molecule has 0 saturated heterocycles. The van der Waals surface area contributed by atoms with E-state index < -0.39 is 5.97 Å². The lowest BCUT2D eigenvalue weighted by atomic mass is 9.80. The first-order chi connectivity index (χ1) is 18.3. The summed E-state index contributed by atoms with van der Waals surface area (Å²) in [6.07, 6.45) is 17.8. The van der Waals surface area contributed by atoms with Crippen LogP contribution < -0.4 is 5.01 Å². The average molecular weight is 530 g/mol. The molecule has 5 nitrogen and oxygen atoms in total. The highest BCUT2D eigenvalue weighted by molar-refractivity contribution is 6.32. The zero-order chi connectivity index (χ0) is 27.7. The number of rotatable bonds is 5. The Morgan fingerprint density at radius 3 is 2.58 bits per heavy atom. The van der Waals surface area contributed by atoms with Crippen LogP contribution in [0.15, 0.2) is 96.2 Å². The van der Waals surface area contributed by atoms with E-state index in [2.05, 4.69) is 30.8 Å². The van der Waals surface area contributed by atoms with E-state index in [-0.39, 0.29) is 17.5 Å². The second kappa shape index (κ2) is 13.8. The van der Waals surface area contributed by atoms with Crippen molar-refractivity contribution in [2.75, 3.05) is 5.01 Å². The second-order valence-electron chi connectivity index (χ2n) is 9.91. The van der Waals surface area contributed by atoms with E-state index in [1.807, 2.05) is 31.2 Å². The predicted molar refractivity (Wildman–Crippen MR) is 157 cm³/mol. The Balaban J connectivity index is 0.000000505. The Hall–Kier alpha value is -3.62. The largest absolute Gasteiger partial charge is 0.478 e. The van der Waals surface area contributed by atoms with Crippen LogP contribution in [0.3, 0.4) is 0 Å². The molecule has 38 heavy (non-hydrogen) atoms. The summed E-state index contributed by atoms with van der Waals surface area (Å²) in [6.45, 7) is 13.2. The highest BCUT2D eigenvalue weighted by atomic mass is 35.5. The molecular formula is C32H36ClN3O2. The van der Waals surface area contributed by atoms with Gasteiger partial charge in [0.25, 0.3) is 0 Å². The smallest absolute Gasteiger partial charge is 0.335 e. The Morgan fingerprint density at radius 1 is 1.26 bits per heavy atom. The van der Waals surface area contributed by atoms with Gasteiger partial charge in [0.15, 0.2) is 0 Å². The van der Waals surface area contributed by atoms with Crippen LogP contribution in [0.4, 0.5) is 5.69 Å². The summed E-state index contributed by atoms with van der Waals surface area (Å²) < 4.78 is 0. The maximum atomic E-state index is 11.5. The summed E-state index contributed by atoms with van der Waals surface area (Å²) >= 11 is 6.35. The van der Waals surface area contributed by atoms with Gasteiger partial charge in [-0.1, -0.05) is 85.7 Å². The van der Waals surface area contributed by atoms with Crippen LogP contribution in [-0.4, -0.2) is 22.8 Å². The fraction of sp³-hybridized carbons (Fsp3) is 0.344. The van der Waals surface area contributed by atoms with E-state index in [0.717, 1.165) is 35.4 Å². The van der Waals surface area contributed by atoms with Crippen molar-refractivity contribution in [1.29, 1.82) is 5.26 Å². The molecule has 0 radical (unpaired) electrons. The first kappa shape index (κ1) is 28.9. The number of hydrogen-bond acceptors (Lipinski definition) is 4. The number of hydrogen-bond donors (Lipinski definition) is 1. The number of halogens is 1. The molecule has 1 heterocycles. The molecular weight excluding hydrogens is 494 g/mol. The van der Waals surface area contributed by atoms with Gasteiger partial charge in [-0.25, -0.2) is 4.79 Å². The van der Waals surface area contributed by atoms with Crippen molar-refractivity contribution in [2.45, 2.75) is 57.9 Å². The quantitative estimate of drug-likeness (QED) is 0.390. The van der Waals surface area contributed by atoms with Gasteiger partial charge in [-0.05, 0) is 62.8 Å². The lowest BCUT2D eigenvalue weighted by molar-refractivity contribution is -0.132. The molecule has 1 fully saturated rings. The van der Waals surface area contributed by atoms with Crippen molar-refractivity contribution < 1.29 is 9.90 Å². The SMILES string of the molecule is C=C/C=C(/C)C=C.C=C1/C=C(C(=O)O)\C=C/CC2=NN(c3ccc(C#N)c(Cl)c3)C(C3CCCC3)C2CC1. The minimum atomic E-state index is -0.944. The van der Waals surface area contributed by atoms with Crippen molar-refractivity contribution >= 4 is 29.0 Å². The summed E-state index contributed by atoms with van der Waals surface area (Å²) in [5.74, 6) is -0.120. The number of carbonyl (C=O) groups is 1. The molecule has 2 aliphatic carbocycles. The van der Waals surface area contributed by atoms with Crippen molar-refractivity contribution in [3.05, 3.63) is 102 Å². The fourth-order valence-electron chi connectivity index (χ4n) is 5.35. The van der Waals surface area contributed by atoms with Crippen LogP contribution in [-0.2, 0) is 4.79 Å². The molecule has 1 aromatic rings. The normalized spacial score (nSPS) is 24.1. The molecule has 0 bridgehead atoms. The Bertz CT molecular complexity index is 1240. The number of carboxylic acids is 1. The molecule has 2 unspecified atom stereocenters. The van der Waals surface area contributed by atoms with Crippen molar-refractivity contribution in [2.24, 2.45) is 16.9 Å². The van der Waals surface area contributed by atoms with Gasteiger partial charge < -0.3 is 5.11 Å². The maximum Gasteiger partial charge on any atom is 0.335 e. The van der Waals surface area contributed by atoms with Crippen molar-refractivity contribution in [1.82, 2.24) is 0 Å². The molecule has 0 amide bonds. The third-order valence-corrected chi connectivity index (χ3v) is 7.60. The van der Waals surface area contributed by atoms with Gasteiger partial charge in [-0.3, -0.25) is 5.01 Å². The van der Waals surface area contributed by atoms with E-state index in [0.29, 0.717) is 22.9 Å². The minimum absolute atomic E-state index is 0.241. The summed E-state index contributed by atoms with van der Waals surface area (Å²) in [4.78, 5) is 11.5. The highest BCUT2D eigenvalue weighted by Crippen LogP contribution is 2.43. The predicted octanol–water partition coefficient (Wildman–Crippen LogP) is 8.17. The van der Waals surface area contributed by atoms with E-state index >= 15 is 0 Å². The number of benzene rings is 1. The zero-order valence-electron chi connectivity index (χ0n) is 22.1. The molecule has 1 saturated carbocycles. The number of fused-ring (bicyclic) bond motifs is 1. The molecule has 3 aliphatic rings. The molecule has 0 aromatic heterocycles. The Kier molecular flexibility index (Phi) is 10.5. The van der Waals surface area contributed by atoms with E-state index in [1.54, 1.807) is 30.4 Å². The van der Waals surface area contributed by atoms with Gasteiger partial charge in [0.2, 0.25) is 0 Å². The second-order valence-corrected chi connectivity index (χ2v) is 10.3. The number of hydrazone groups is 1. The van der Waals surface area contributed by atoms with Crippen LogP contribution in [0.2, 0.25) is 5.02 Å². The lowest BCUT2D eigenvalue weighted by Gasteiger charge is -2.33. The minimum Gasteiger partial charge on any atom is -0.478 e. The Morgan fingerprint density at radius 2 is 2.00 bits per heavy atom. The third kappa shape index (κ3) is 7.24. The van der Waals surface area contributed by atoms with Gasteiger partial charge >= 0.3 is 5.97 Å². The van der Waals surface area contributed by atoms with E-state index in [4.69, 9.17) is 16.7 Å². The summed E-state index contributed by atoms with van der Waals surface area (Å²) in [6, 6.07) is 7.87. The van der Waals surface area contributed by atoms with Crippen LogP contribution >= 0.6 is 11.6 Å². The molecule has 6 heteroatoms. The first-order valence-corrected chi connectivity index (χ1v) is 13.4. The molecule has 0 spiro atoms. The monoisotopic (exact) mass is 529 g/mol. The first-order valence-electron chi connectivity index (χ1n) is 13.1. The summed E-state index contributed by atoms with van der Waals surface area (Å²) in [5.41, 5.74) is 4.67. The van der Waals surface area contributed by atoms with Crippen molar-refractivity contribution in [3.63, 3.8) is 0 Å². The molecule has 1 aromatic carbocycles. The highest BCUT2D eigenvalue weighted by Gasteiger charge is 2.42. The topological polar surface area (TPSA) is 76.7 Å². The molecule has 1 aliphatic heterocycles. The van der Waals surface area contributed by atoms with Crippen molar-refractivity contribution in [3.8, 4) is 6.07 Å². The molecule has 4 rings (SSSR count). The van der Waals surface area contributed by atoms with Crippen LogP contribution in [0.25, 0.3) is 0 Å². The van der Waals surface area contributed by atoms with E-state index in [9.17, 15) is 15.2 Å².